The first kappa shape index (κ1) is 14.9. The molecular formula is C17H20ClNO. The van der Waals surface area contributed by atoms with Gasteiger partial charge in [0.15, 0.2) is 0 Å². The molecule has 20 heavy (non-hydrogen) atoms. The summed E-state index contributed by atoms with van der Waals surface area (Å²) < 4.78 is 5.93. The van der Waals surface area contributed by atoms with Crippen molar-refractivity contribution in [2.75, 3.05) is 0 Å². The molecule has 2 rings (SSSR count). The van der Waals surface area contributed by atoms with Gasteiger partial charge in [0.2, 0.25) is 5.88 Å². The number of rotatable bonds is 4. The Morgan fingerprint density at radius 2 is 1.90 bits per heavy atom. The number of hydrogen-bond acceptors (Lipinski definition) is 2. The van der Waals surface area contributed by atoms with E-state index >= 15 is 0 Å². The predicted molar refractivity (Wildman–Crippen MR) is 83.9 cm³/mol. The average molecular weight is 290 g/mol. The second-order valence-corrected chi connectivity index (χ2v) is 5.58. The zero-order valence-electron chi connectivity index (χ0n) is 12.4. The molecule has 2 aromatic rings. The van der Waals surface area contributed by atoms with Gasteiger partial charge in [0.1, 0.15) is 5.75 Å². The van der Waals surface area contributed by atoms with Crippen molar-refractivity contribution in [3.8, 4) is 11.6 Å². The number of benzene rings is 1. The standard InChI is InChI=1S/C17H20ClNO/c1-11(2)14-6-5-12(3)16(9-14)20-17-8-7-15(10-18)13(4)19-17/h5-9,11H,10H2,1-4H3. The number of pyridine rings is 1. The van der Waals surface area contributed by atoms with Crippen molar-refractivity contribution < 1.29 is 4.74 Å². The summed E-state index contributed by atoms with van der Waals surface area (Å²) in [6, 6.07) is 10.2. The zero-order chi connectivity index (χ0) is 14.7. The van der Waals surface area contributed by atoms with Crippen LogP contribution in [0.25, 0.3) is 0 Å². The molecule has 0 N–H and O–H groups in total. The molecule has 0 spiro atoms. The van der Waals surface area contributed by atoms with Gasteiger partial charge >= 0.3 is 0 Å². The van der Waals surface area contributed by atoms with Crippen LogP contribution in [0.2, 0.25) is 0 Å². The van der Waals surface area contributed by atoms with Gasteiger partial charge in [0, 0.05) is 17.6 Å². The van der Waals surface area contributed by atoms with E-state index in [-0.39, 0.29) is 0 Å². The summed E-state index contributed by atoms with van der Waals surface area (Å²) in [6.45, 7) is 8.33. The minimum atomic E-state index is 0.473. The molecule has 1 aromatic carbocycles. The number of nitrogens with zero attached hydrogens (tertiary/aromatic N) is 1. The Labute approximate surface area is 125 Å². The van der Waals surface area contributed by atoms with Crippen LogP contribution in [0, 0.1) is 13.8 Å². The molecule has 0 saturated carbocycles. The molecule has 1 heterocycles. The van der Waals surface area contributed by atoms with E-state index in [0.29, 0.717) is 17.7 Å². The minimum absolute atomic E-state index is 0.473. The molecule has 3 heteroatoms. The van der Waals surface area contributed by atoms with E-state index in [1.54, 1.807) is 0 Å². The Morgan fingerprint density at radius 1 is 1.15 bits per heavy atom. The van der Waals surface area contributed by atoms with Crippen molar-refractivity contribution in [2.24, 2.45) is 0 Å². The van der Waals surface area contributed by atoms with Gasteiger partial charge < -0.3 is 4.74 Å². The monoisotopic (exact) mass is 289 g/mol. The number of aromatic nitrogens is 1. The van der Waals surface area contributed by atoms with E-state index in [1.807, 2.05) is 26.0 Å². The first-order valence-corrected chi connectivity index (χ1v) is 7.35. The first-order chi connectivity index (χ1) is 9.51. The Morgan fingerprint density at radius 3 is 2.50 bits per heavy atom. The lowest BCUT2D eigenvalue weighted by atomic mass is 10.0. The highest BCUT2D eigenvalue weighted by molar-refractivity contribution is 6.17. The molecule has 0 aliphatic heterocycles. The SMILES string of the molecule is Cc1ccc(C(C)C)cc1Oc1ccc(CCl)c(C)n1. The third kappa shape index (κ3) is 3.31. The highest BCUT2D eigenvalue weighted by Crippen LogP contribution is 2.28. The lowest BCUT2D eigenvalue weighted by molar-refractivity contribution is 0.457. The topological polar surface area (TPSA) is 22.1 Å². The predicted octanol–water partition coefficient (Wildman–Crippen LogP) is 5.35. The summed E-state index contributed by atoms with van der Waals surface area (Å²) >= 11 is 5.84. The number of halogens is 1. The Bertz CT molecular complexity index is 608. The molecule has 0 aliphatic carbocycles. The normalized spacial score (nSPS) is 10.9. The lowest BCUT2D eigenvalue weighted by Crippen LogP contribution is -1.96. The molecule has 0 aliphatic rings. The molecule has 0 radical (unpaired) electrons. The van der Waals surface area contributed by atoms with Crippen molar-refractivity contribution in [2.45, 2.75) is 39.5 Å². The van der Waals surface area contributed by atoms with Crippen LogP contribution in [0.3, 0.4) is 0 Å². The molecular weight excluding hydrogens is 270 g/mol. The van der Waals surface area contributed by atoms with Crippen LogP contribution < -0.4 is 4.74 Å². The Hall–Kier alpha value is -1.54. The summed E-state index contributed by atoms with van der Waals surface area (Å²) in [7, 11) is 0. The maximum Gasteiger partial charge on any atom is 0.219 e. The summed E-state index contributed by atoms with van der Waals surface area (Å²) in [6.07, 6.45) is 0. The van der Waals surface area contributed by atoms with Gasteiger partial charge in [0.25, 0.3) is 0 Å². The van der Waals surface area contributed by atoms with Crippen molar-refractivity contribution in [3.63, 3.8) is 0 Å². The van der Waals surface area contributed by atoms with Gasteiger partial charge in [-0.25, -0.2) is 4.98 Å². The van der Waals surface area contributed by atoms with E-state index in [1.165, 1.54) is 5.56 Å². The summed E-state index contributed by atoms with van der Waals surface area (Å²) in [5.41, 5.74) is 4.32. The fourth-order valence-electron chi connectivity index (χ4n) is 1.96. The van der Waals surface area contributed by atoms with Crippen LogP contribution in [0.4, 0.5) is 0 Å². The van der Waals surface area contributed by atoms with Crippen LogP contribution in [0.15, 0.2) is 30.3 Å². The second kappa shape index (κ2) is 6.27. The highest BCUT2D eigenvalue weighted by atomic mass is 35.5. The van der Waals surface area contributed by atoms with Gasteiger partial charge in [0.05, 0.1) is 0 Å². The fraction of sp³-hybridized carbons (Fsp3) is 0.353. The van der Waals surface area contributed by atoms with Crippen LogP contribution in [0.5, 0.6) is 11.6 Å². The van der Waals surface area contributed by atoms with Gasteiger partial charge in [-0.15, -0.1) is 11.6 Å². The third-order valence-corrected chi connectivity index (χ3v) is 3.70. The molecule has 1 aromatic heterocycles. The van der Waals surface area contributed by atoms with E-state index in [0.717, 1.165) is 22.6 Å². The highest BCUT2D eigenvalue weighted by Gasteiger charge is 2.08. The first-order valence-electron chi connectivity index (χ1n) is 6.82. The maximum absolute atomic E-state index is 5.93. The third-order valence-electron chi connectivity index (χ3n) is 3.41. The second-order valence-electron chi connectivity index (χ2n) is 5.31. The summed E-state index contributed by atoms with van der Waals surface area (Å²) in [5, 5.41) is 0. The Balaban J connectivity index is 2.29. The number of ether oxygens (including phenoxy) is 1. The van der Waals surface area contributed by atoms with Crippen LogP contribution >= 0.6 is 11.6 Å². The van der Waals surface area contributed by atoms with Crippen molar-refractivity contribution in [1.29, 1.82) is 0 Å². The van der Waals surface area contributed by atoms with Gasteiger partial charge in [-0.2, -0.15) is 0 Å². The van der Waals surface area contributed by atoms with E-state index in [2.05, 4.69) is 37.0 Å². The molecule has 106 valence electrons. The van der Waals surface area contributed by atoms with Gasteiger partial charge in [-0.3, -0.25) is 0 Å². The number of aryl methyl sites for hydroxylation is 2. The number of alkyl halides is 1. The quantitative estimate of drug-likeness (QED) is 0.708. The molecule has 0 unspecified atom stereocenters. The largest absolute Gasteiger partial charge is 0.439 e. The molecule has 2 nitrogen and oxygen atoms in total. The number of hydrogen-bond donors (Lipinski definition) is 0. The summed E-state index contributed by atoms with van der Waals surface area (Å²) in [5.74, 6) is 2.43. The molecule has 0 amide bonds. The van der Waals surface area contributed by atoms with Gasteiger partial charge in [-0.1, -0.05) is 32.0 Å². The fourth-order valence-corrected chi connectivity index (χ4v) is 2.25. The molecule has 0 atom stereocenters. The maximum atomic E-state index is 5.93. The van der Waals surface area contributed by atoms with Crippen molar-refractivity contribution in [1.82, 2.24) is 4.98 Å². The van der Waals surface area contributed by atoms with E-state index in [9.17, 15) is 0 Å². The van der Waals surface area contributed by atoms with Crippen molar-refractivity contribution >= 4 is 11.6 Å². The zero-order valence-corrected chi connectivity index (χ0v) is 13.2. The smallest absolute Gasteiger partial charge is 0.219 e. The summed E-state index contributed by atoms with van der Waals surface area (Å²) in [4.78, 5) is 4.45. The molecule has 0 bridgehead atoms. The van der Waals surface area contributed by atoms with Gasteiger partial charge in [-0.05, 0) is 42.5 Å². The van der Waals surface area contributed by atoms with Crippen LogP contribution in [-0.4, -0.2) is 4.98 Å². The van der Waals surface area contributed by atoms with E-state index < -0.39 is 0 Å². The van der Waals surface area contributed by atoms with Crippen molar-refractivity contribution in [3.05, 3.63) is 52.7 Å². The van der Waals surface area contributed by atoms with E-state index in [4.69, 9.17) is 16.3 Å². The van der Waals surface area contributed by atoms with Crippen LogP contribution in [0.1, 0.15) is 42.1 Å². The minimum Gasteiger partial charge on any atom is -0.439 e. The lowest BCUT2D eigenvalue weighted by Gasteiger charge is -2.12. The molecule has 0 saturated heterocycles. The van der Waals surface area contributed by atoms with Crippen LogP contribution in [-0.2, 0) is 5.88 Å². The Kier molecular flexibility index (Phi) is 4.66. The molecule has 0 fully saturated rings. The average Bonchev–Trinajstić information content (AvgIpc) is 2.41.